The monoisotopic (exact) mass is 1050 g/mol. The van der Waals surface area contributed by atoms with Crippen LogP contribution < -0.4 is 20.4 Å². The molecule has 4 aromatic carbocycles. The van der Waals surface area contributed by atoms with E-state index in [1.54, 1.807) is 0 Å². The van der Waals surface area contributed by atoms with Crippen LogP contribution >= 0.6 is 0 Å². The minimum absolute atomic E-state index is 0.0678. The van der Waals surface area contributed by atoms with E-state index in [1.807, 2.05) is 9.80 Å². The number of nitrogens with zero attached hydrogens (tertiary/aromatic N) is 4. The van der Waals surface area contributed by atoms with Gasteiger partial charge in [-0.05, 0) is 71.8 Å². The Morgan fingerprint density at radius 1 is 0.443 bits per heavy atom. The van der Waals surface area contributed by atoms with Gasteiger partial charge in [-0.15, -0.1) is 0 Å². The van der Waals surface area contributed by atoms with Crippen LogP contribution in [-0.2, 0) is 59.2 Å². The average Bonchev–Trinajstić information content (AvgIpc) is 3.36. The van der Waals surface area contributed by atoms with Crippen LogP contribution in [-0.4, -0.2) is 168 Å². The molecule has 0 aromatic heterocycles. The van der Waals surface area contributed by atoms with Crippen LogP contribution in [0, 0.1) is 0 Å². The molecule has 4 aromatic rings. The molecule has 26 heteroatoms. The van der Waals surface area contributed by atoms with Gasteiger partial charge in [-0.1, -0.05) is 24.3 Å². The highest BCUT2D eigenvalue weighted by molar-refractivity contribution is 7.89. The summed E-state index contributed by atoms with van der Waals surface area (Å²) in [6.07, 6.45) is 2.27. The molecule has 22 nitrogen and oxygen atoms in total. The molecule has 0 atom stereocenters. The van der Waals surface area contributed by atoms with E-state index in [0.717, 1.165) is 24.3 Å². The number of sulfonamides is 2. The normalized spacial score (nSPS) is 18.2. The summed E-state index contributed by atoms with van der Waals surface area (Å²) in [6.45, 7) is 4.39. The predicted molar refractivity (Wildman–Crippen MR) is 255 cm³/mol. The molecule has 4 N–H and O–H groups in total. The molecule has 2 amide bonds. The molecule has 0 saturated carbocycles. The number of carbonyl (C=O) groups excluding carboxylic acids is 2. The second-order valence-electron chi connectivity index (χ2n) is 16.3. The Hall–Kier alpha value is -5.36. The highest BCUT2D eigenvalue weighted by Gasteiger charge is 2.34. The van der Waals surface area contributed by atoms with E-state index >= 15 is 0 Å². The largest absolute Gasteiger partial charge is 0.379 e. The van der Waals surface area contributed by atoms with Crippen LogP contribution in [0.15, 0.2) is 92.4 Å². The van der Waals surface area contributed by atoms with Crippen molar-refractivity contribution in [2.24, 2.45) is 0 Å². The number of benzene rings is 4. The Labute approximate surface area is 405 Å². The summed E-state index contributed by atoms with van der Waals surface area (Å²) in [7, 11) is -18.2. The van der Waals surface area contributed by atoms with E-state index < -0.39 is 61.9 Å². The molecule has 0 spiro atoms. The summed E-state index contributed by atoms with van der Waals surface area (Å²) >= 11 is 0. The van der Waals surface area contributed by atoms with Crippen LogP contribution in [0.3, 0.4) is 0 Å². The van der Waals surface area contributed by atoms with Gasteiger partial charge in [0.1, 0.15) is 19.6 Å². The third kappa shape index (κ3) is 11.5. The average molecular weight is 1050 g/mol. The summed E-state index contributed by atoms with van der Waals surface area (Å²) in [5.41, 5.74) is 0.0730. The molecule has 0 bridgehead atoms. The van der Waals surface area contributed by atoms with Gasteiger partial charge in [0.05, 0.1) is 64.2 Å². The van der Waals surface area contributed by atoms with Crippen molar-refractivity contribution in [3.8, 4) is 0 Å². The van der Waals surface area contributed by atoms with Gasteiger partial charge in [-0.25, -0.2) is 16.8 Å². The van der Waals surface area contributed by atoms with Gasteiger partial charge in [0.2, 0.25) is 20.0 Å². The number of hydrogen-bond donors (Lipinski definition) is 4. The smallest absolute Gasteiger partial charge is 0.295 e. The van der Waals surface area contributed by atoms with Crippen molar-refractivity contribution in [2.45, 2.75) is 19.6 Å². The maximum absolute atomic E-state index is 14.0. The third-order valence-corrected chi connectivity index (χ3v) is 17.5. The Bertz CT molecular complexity index is 2920. The fraction of sp³-hybridized carbons (Fsp3) is 0.364. The number of carbonyl (C=O) groups is 2. The van der Waals surface area contributed by atoms with Gasteiger partial charge < -0.3 is 39.4 Å². The number of anilines is 4. The van der Waals surface area contributed by atoms with E-state index in [9.17, 15) is 52.4 Å². The van der Waals surface area contributed by atoms with Gasteiger partial charge in [0.25, 0.3) is 32.1 Å². The van der Waals surface area contributed by atoms with E-state index in [1.165, 1.54) is 69.3 Å². The van der Waals surface area contributed by atoms with Gasteiger partial charge in [0.15, 0.2) is 0 Å². The van der Waals surface area contributed by atoms with Crippen molar-refractivity contribution < 1.29 is 71.3 Å². The zero-order valence-corrected chi connectivity index (χ0v) is 40.7. The van der Waals surface area contributed by atoms with Crippen molar-refractivity contribution in [3.05, 3.63) is 95.1 Å². The maximum atomic E-state index is 14.0. The highest BCUT2D eigenvalue weighted by Crippen LogP contribution is 2.34. The summed E-state index contributed by atoms with van der Waals surface area (Å²) in [5.74, 6) is -1.60. The first kappa shape index (κ1) is 51.0. The zero-order valence-electron chi connectivity index (χ0n) is 37.4. The summed E-state index contributed by atoms with van der Waals surface area (Å²) < 4.78 is 151. The van der Waals surface area contributed by atoms with Crippen molar-refractivity contribution in [1.29, 1.82) is 0 Å². The molecule has 376 valence electrons. The SMILES string of the molecule is O=C(Nc1ccc(C=Cc2ccc(NC(=O)c3ccc(N4CCOCC4)c(S(=O)(=O)N4CCOCC4)c3)cc2S(=O)(=O)O)c(S(=O)(=O)O)c1)c1ccc(N2CCOCC2)c(S(=O)(=O)N2CCOCC2)c1. The molecular weight excluding hydrogens is 997 g/mol. The quantitative estimate of drug-likeness (QED) is 0.104. The Kier molecular flexibility index (Phi) is 15.4. The molecule has 0 unspecified atom stereocenters. The maximum Gasteiger partial charge on any atom is 0.295 e. The Balaban J connectivity index is 1.03. The van der Waals surface area contributed by atoms with Crippen molar-refractivity contribution >= 4 is 87.0 Å². The fourth-order valence-electron chi connectivity index (χ4n) is 8.24. The Morgan fingerprint density at radius 2 is 0.771 bits per heavy atom. The first-order valence-electron chi connectivity index (χ1n) is 21.9. The lowest BCUT2D eigenvalue weighted by Crippen LogP contribution is -2.42. The minimum Gasteiger partial charge on any atom is -0.379 e. The number of hydrogen-bond acceptors (Lipinski definition) is 16. The van der Waals surface area contributed by atoms with E-state index in [2.05, 4.69) is 10.6 Å². The molecule has 4 aliphatic rings. The van der Waals surface area contributed by atoms with Gasteiger partial charge >= 0.3 is 0 Å². The molecule has 4 heterocycles. The third-order valence-electron chi connectivity index (χ3n) is 11.9. The second-order valence-corrected chi connectivity index (χ2v) is 22.9. The van der Waals surface area contributed by atoms with Gasteiger partial charge in [-0.2, -0.15) is 25.4 Å². The van der Waals surface area contributed by atoms with Crippen LogP contribution in [0.2, 0.25) is 0 Å². The summed E-state index contributed by atoms with van der Waals surface area (Å²) in [6, 6.07) is 15.3. The number of amides is 2. The zero-order chi connectivity index (χ0) is 49.8. The highest BCUT2D eigenvalue weighted by atomic mass is 32.2. The topological polar surface area (TPSA) is 285 Å². The standard InChI is InChI=1S/C44H50N6O16S4/c51-43(33-5-9-37(47-11-19-63-20-12-47)41(27-33)67(53,54)49-15-23-65-24-16-49)45-35-7-3-31(39(29-35)69(57,58)59)1-2-32-4-8-36(30-40(32)70(60,61)62)46-44(52)34-6-10-38(48-13-21-64-22-14-48)42(28-34)68(55,56)50-17-25-66-26-18-50/h1-10,27-30H,11-26H2,(H,45,51)(H,46,52)(H,57,58,59)(H,60,61,62). The first-order chi connectivity index (χ1) is 33.3. The van der Waals surface area contributed by atoms with Crippen LogP contribution in [0.1, 0.15) is 31.8 Å². The van der Waals surface area contributed by atoms with Crippen molar-refractivity contribution in [1.82, 2.24) is 8.61 Å². The van der Waals surface area contributed by atoms with E-state index in [4.69, 9.17) is 18.9 Å². The molecule has 4 fully saturated rings. The fourth-order valence-corrected chi connectivity index (χ4v) is 12.9. The van der Waals surface area contributed by atoms with E-state index in [0.29, 0.717) is 64.0 Å². The minimum atomic E-state index is -5.01. The number of nitrogens with one attached hydrogen (secondary N) is 2. The summed E-state index contributed by atoms with van der Waals surface area (Å²) in [5, 5.41) is 5.09. The van der Waals surface area contributed by atoms with Gasteiger partial charge in [0, 0.05) is 74.9 Å². The lowest BCUT2D eigenvalue weighted by atomic mass is 10.1. The van der Waals surface area contributed by atoms with Crippen LogP contribution in [0.25, 0.3) is 12.2 Å². The van der Waals surface area contributed by atoms with Crippen LogP contribution in [0.5, 0.6) is 0 Å². The molecule has 0 radical (unpaired) electrons. The van der Waals surface area contributed by atoms with Crippen molar-refractivity contribution in [3.63, 3.8) is 0 Å². The number of rotatable bonds is 14. The number of morpholine rings is 4. The van der Waals surface area contributed by atoms with Crippen molar-refractivity contribution in [2.75, 3.05) is 126 Å². The summed E-state index contributed by atoms with van der Waals surface area (Å²) in [4.78, 5) is 29.4. The molecule has 70 heavy (non-hydrogen) atoms. The Morgan fingerprint density at radius 3 is 1.10 bits per heavy atom. The lowest BCUT2D eigenvalue weighted by Gasteiger charge is -2.32. The molecule has 4 aliphatic heterocycles. The van der Waals surface area contributed by atoms with E-state index in [-0.39, 0.29) is 96.0 Å². The first-order valence-corrected chi connectivity index (χ1v) is 27.7. The molecule has 4 saturated heterocycles. The molecule has 0 aliphatic carbocycles. The molecule has 8 rings (SSSR count). The second kappa shape index (κ2) is 21.2. The number of ether oxygens (including phenoxy) is 4. The van der Waals surface area contributed by atoms with Gasteiger partial charge in [-0.3, -0.25) is 18.7 Å². The molecular formula is C44H50N6O16S4. The predicted octanol–water partition coefficient (Wildman–Crippen LogP) is 2.57. The lowest BCUT2D eigenvalue weighted by molar-refractivity contribution is 0.0730. The van der Waals surface area contributed by atoms with Crippen LogP contribution in [0.4, 0.5) is 22.7 Å².